The van der Waals surface area contributed by atoms with E-state index in [2.05, 4.69) is 10.3 Å². The highest BCUT2D eigenvalue weighted by molar-refractivity contribution is 14.0. The summed E-state index contributed by atoms with van der Waals surface area (Å²) < 4.78 is 45.6. The minimum Gasteiger partial charge on any atom is -0.378 e. The second-order valence-electron chi connectivity index (χ2n) is 6.09. The maximum absolute atomic E-state index is 13.4. The molecule has 1 atom stereocenters. The number of nitrogens with two attached hydrogens (primary N) is 1. The molecule has 1 aliphatic rings. The maximum atomic E-state index is 13.4. The Labute approximate surface area is 169 Å². The lowest BCUT2D eigenvalue weighted by Gasteiger charge is -2.29. The van der Waals surface area contributed by atoms with E-state index in [4.69, 9.17) is 10.5 Å². The predicted octanol–water partition coefficient (Wildman–Crippen LogP) is 3.36. The topological polar surface area (TPSA) is 62.9 Å². The van der Waals surface area contributed by atoms with Gasteiger partial charge in [0.05, 0.1) is 25.3 Å². The number of ether oxygens (including phenoxy) is 1. The van der Waals surface area contributed by atoms with E-state index in [1.54, 1.807) is 6.07 Å². The van der Waals surface area contributed by atoms with Crippen LogP contribution in [0.5, 0.6) is 0 Å². The molecular formula is C17H26F3IN4O. The molecule has 1 fully saturated rings. The monoisotopic (exact) mass is 486 g/mol. The number of rotatable bonds is 5. The molecule has 3 N–H and O–H groups in total. The van der Waals surface area contributed by atoms with E-state index >= 15 is 0 Å². The highest BCUT2D eigenvalue weighted by Crippen LogP contribution is 2.35. The molecular weight excluding hydrogens is 460 g/mol. The minimum atomic E-state index is -4.44. The molecule has 5 nitrogen and oxygen atoms in total. The Bertz CT molecular complexity index is 604. The van der Waals surface area contributed by atoms with Crippen molar-refractivity contribution in [1.82, 2.24) is 5.32 Å². The van der Waals surface area contributed by atoms with Gasteiger partial charge in [-0.25, -0.2) is 4.99 Å². The second kappa shape index (κ2) is 10.2. The third kappa shape index (κ3) is 6.49. The molecule has 0 spiro atoms. The van der Waals surface area contributed by atoms with Crippen LogP contribution in [0.2, 0.25) is 0 Å². The molecule has 148 valence electrons. The first kappa shape index (κ1) is 22.8. The molecule has 1 aromatic carbocycles. The van der Waals surface area contributed by atoms with Crippen molar-refractivity contribution in [2.45, 2.75) is 39.0 Å². The third-order valence-corrected chi connectivity index (χ3v) is 4.20. The Kier molecular flexibility index (Phi) is 8.94. The van der Waals surface area contributed by atoms with Crippen LogP contribution < -0.4 is 16.0 Å². The number of nitrogens with one attached hydrogen (secondary N) is 1. The summed E-state index contributed by atoms with van der Waals surface area (Å²) in [4.78, 5) is 5.94. The molecule has 1 heterocycles. The van der Waals surface area contributed by atoms with Gasteiger partial charge >= 0.3 is 6.18 Å². The van der Waals surface area contributed by atoms with E-state index in [9.17, 15) is 13.2 Å². The zero-order valence-electron chi connectivity index (χ0n) is 15.0. The fourth-order valence-electron chi connectivity index (χ4n) is 2.55. The van der Waals surface area contributed by atoms with Crippen molar-refractivity contribution < 1.29 is 17.9 Å². The molecule has 0 aromatic heterocycles. The van der Waals surface area contributed by atoms with Gasteiger partial charge in [-0.15, -0.1) is 24.0 Å². The summed E-state index contributed by atoms with van der Waals surface area (Å²) in [6.07, 6.45) is -3.59. The Morgan fingerprint density at radius 1 is 1.35 bits per heavy atom. The molecule has 1 aromatic rings. The summed E-state index contributed by atoms with van der Waals surface area (Å²) in [7, 11) is 0. The summed E-state index contributed by atoms with van der Waals surface area (Å²) >= 11 is 0. The van der Waals surface area contributed by atoms with E-state index in [-0.39, 0.29) is 48.1 Å². The van der Waals surface area contributed by atoms with Gasteiger partial charge in [-0.05, 0) is 31.0 Å². The number of morpholine rings is 1. The zero-order valence-corrected chi connectivity index (χ0v) is 17.3. The fraction of sp³-hybridized carbons (Fsp3) is 0.588. The third-order valence-electron chi connectivity index (χ3n) is 4.20. The van der Waals surface area contributed by atoms with Gasteiger partial charge in [-0.2, -0.15) is 13.2 Å². The average Bonchev–Trinajstić information content (AvgIpc) is 2.59. The number of anilines is 1. The average molecular weight is 486 g/mol. The van der Waals surface area contributed by atoms with Crippen molar-refractivity contribution in [3.05, 3.63) is 29.3 Å². The summed E-state index contributed by atoms with van der Waals surface area (Å²) in [6, 6.07) is 4.49. The van der Waals surface area contributed by atoms with Crippen LogP contribution in [-0.4, -0.2) is 38.3 Å². The van der Waals surface area contributed by atoms with Gasteiger partial charge in [-0.3, -0.25) is 0 Å². The normalized spacial score (nSPS) is 16.8. The van der Waals surface area contributed by atoms with Crippen LogP contribution >= 0.6 is 24.0 Å². The van der Waals surface area contributed by atoms with Crippen LogP contribution in [-0.2, 0) is 17.5 Å². The van der Waals surface area contributed by atoms with Gasteiger partial charge < -0.3 is 20.7 Å². The quantitative estimate of drug-likeness (QED) is 0.381. The van der Waals surface area contributed by atoms with Crippen molar-refractivity contribution in [2.24, 2.45) is 10.7 Å². The van der Waals surface area contributed by atoms with E-state index < -0.39 is 11.7 Å². The smallest absolute Gasteiger partial charge is 0.378 e. The molecule has 0 bridgehead atoms. The molecule has 9 heteroatoms. The van der Waals surface area contributed by atoms with E-state index in [1.807, 2.05) is 18.7 Å². The maximum Gasteiger partial charge on any atom is 0.416 e. The van der Waals surface area contributed by atoms with Crippen LogP contribution in [0.15, 0.2) is 23.2 Å². The van der Waals surface area contributed by atoms with Crippen LogP contribution in [0.25, 0.3) is 0 Å². The van der Waals surface area contributed by atoms with Gasteiger partial charge in [0.2, 0.25) is 0 Å². The number of nitrogens with zero attached hydrogens (tertiary/aromatic N) is 2. The summed E-state index contributed by atoms with van der Waals surface area (Å²) in [5.41, 5.74) is 5.73. The molecule has 1 aliphatic heterocycles. The molecule has 0 saturated carbocycles. The van der Waals surface area contributed by atoms with Gasteiger partial charge in [0.1, 0.15) is 0 Å². The number of guanidine groups is 1. The summed E-state index contributed by atoms with van der Waals surface area (Å²) in [5.74, 6) is 0.153. The Morgan fingerprint density at radius 3 is 2.58 bits per heavy atom. The highest BCUT2D eigenvalue weighted by Gasteiger charge is 2.34. The van der Waals surface area contributed by atoms with Crippen molar-refractivity contribution in [1.29, 1.82) is 0 Å². The van der Waals surface area contributed by atoms with Gasteiger partial charge in [0.25, 0.3) is 0 Å². The standard InChI is InChI=1S/C17H25F3N4O.HI/c1-3-12(2)23-16(21)22-11-13-4-5-14(10-15(13)17(18,19)20)24-6-8-25-9-7-24;/h4-5,10,12H,3,6-9,11H2,1-2H3,(H3,21,22,23);1H. The number of hydrogen-bond donors (Lipinski definition) is 2. The van der Waals surface area contributed by atoms with E-state index in [0.717, 1.165) is 6.42 Å². The highest BCUT2D eigenvalue weighted by atomic mass is 127. The molecule has 26 heavy (non-hydrogen) atoms. The second-order valence-corrected chi connectivity index (χ2v) is 6.09. The van der Waals surface area contributed by atoms with Gasteiger partial charge in [0, 0.05) is 24.8 Å². The van der Waals surface area contributed by atoms with Crippen molar-refractivity contribution in [3.63, 3.8) is 0 Å². The number of aliphatic imine (C=N–C) groups is 1. The number of benzene rings is 1. The lowest BCUT2D eigenvalue weighted by atomic mass is 10.1. The van der Waals surface area contributed by atoms with Gasteiger partial charge in [-0.1, -0.05) is 13.0 Å². The molecule has 2 rings (SSSR count). The van der Waals surface area contributed by atoms with Crippen LogP contribution in [0.1, 0.15) is 31.4 Å². The SMILES string of the molecule is CCC(C)NC(N)=NCc1ccc(N2CCOCC2)cc1C(F)(F)F.I. The molecule has 0 aliphatic carbocycles. The first-order valence-corrected chi connectivity index (χ1v) is 8.40. The van der Waals surface area contributed by atoms with Crippen LogP contribution in [0.4, 0.5) is 18.9 Å². The van der Waals surface area contributed by atoms with E-state index in [1.165, 1.54) is 12.1 Å². The first-order valence-electron chi connectivity index (χ1n) is 8.40. The number of hydrogen-bond acceptors (Lipinski definition) is 3. The number of halogens is 4. The zero-order chi connectivity index (χ0) is 18.4. The van der Waals surface area contributed by atoms with E-state index in [0.29, 0.717) is 32.0 Å². The fourth-order valence-corrected chi connectivity index (χ4v) is 2.55. The van der Waals surface area contributed by atoms with Crippen molar-refractivity contribution in [3.8, 4) is 0 Å². The van der Waals surface area contributed by atoms with Crippen molar-refractivity contribution >= 4 is 35.6 Å². The Morgan fingerprint density at radius 2 is 2.00 bits per heavy atom. The van der Waals surface area contributed by atoms with Crippen LogP contribution in [0, 0.1) is 0 Å². The summed E-state index contributed by atoms with van der Waals surface area (Å²) in [6.45, 7) is 6.00. The Balaban J connectivity index is 0.00000338. The van der Waals surface area contributed by atoms with Gasteiger partial charge in [0.15, 0.2) is 5.96 Å². The molecule has 0 radical (unpaired) electrons. The summed E-state index contributed by atoms with van der Waals surface area (Å²) in [5, 5.41) is 2.95. The Hall–Kier alpha value is -1.23. The molecule has 1 unspecified atom stereocenters. The van der Waals surface area contributed by atoms with Crippen molar-refractivity contribution in [2.75, 3.05) is 31.2 Å². The number of alkyl halides is 3. The minimum absolute atomic E-state index is 0. The molecule has 0 amide bonds. The molecule has 1 saturated heterocycles. The predicted molar refractivity (Wildman–Crippen MR) is 108 cm³/mol. The lowest BCUT2D eigenvalue weighted by molar-refractivity contribution is -0.138. The first-order chi connectivity index (χ1) is 11.8. The largest absolute Gasteiger partial charge is 0.416 e. The van der Waals surface area contributed by atoms with Crippen LogP contribution in [0.3, 0.4) is 0 Å². The lowest BCUT2D eigenvalue weighted by Crippen LogP contribution is -2.38.